The van der Waals surface area contributed by atoms with E-state index in [0.29, 0.717) is 0 Å². The lowest BCUT2D eigenvalue weighted by Crippen LogP contribution is -2.58. The highest BCUT2D eigenvalue weighted by atomic mass is 35.5. The van der Waals surface area contributed by atoms with Gasteiger partial charge in [-0.25, -0.2) is 0 Å². The van der Waals surface area contributed by atoms with Crippen LogP contribution in [0.15, 0.2) is 24.3 Å². The van der Waals surface area contributed by atoms with Crippen LogP contribution in [0.5, 0.6) is 0 Å². The summed E-state index contributed by atoms with van der Waals surface area (Å²) in [5.41, 5.74) is 1.43. The Morgan fingerprint density at radius 3 is 2.44 bits per heavy atom. The van der Waals surface area contributed by atoms with E-state index in [9.17, 15) is 0 Å². The van der Waals surface area contributed by atoms with Crippen LogP contribution in [0.4, 0.5) is 5.69 Å². The summed E-state index contributed by atoms with van der Waals surface area (Å²) < 4.78 is 0. The molecule has 1 aromatic rings. The minimum atomic E-state index is 0. The molecule has 2 nitrogen and oxygen atoms in total. The molecule has 16 heavy (non-hydrogen) atoms. The molecule has 0 aliphatic carbocycles. The van der Waals surface area contributed by atoms with Crippen molar-refractivity contribution in [3.05, 3.63) is 29.3 Å². The van der Waals surface area contributed by atoms with E-state index >= 15 is 0 Å². The van der Waals surface area contributed by atoms with Crippen molar-refractivity contribution >= 4 is 29.7 Å². The van der Waals surface area contributed by atoms with Crippen molar-refractivity contribution in [3.8, 4) is 0 Å². The number of nitrogens with zero attached hydrogens (tertiary/aromatic N) is 1. The maximum absolute atomic E-state index is 5.89. The van der Waals surface area contributed by atoms with Gasteiger partial charge in [0.2, 0.25) is 0 Å². The van der Waals surface area contributed by atoms with E-state index in [1.165, 1.54) is 5.69 Å². The Hall–Kier alpha value is -0.440. The molecule has 0 aromatic heterocycles. The maximum atomic E-state index is 5.89. The van der Waals surface area contributed by atoms with Crippen molar-refractivity contribution < 1.29 is 0 Å². The third-order valence-electron chi connectivity index (χ3n) is 2.94. The Labute approximate surface area is 108 Å². The van der Waals surface area contributed by atoms with Crippen LogP contribution in [0.25, 0.3) is 0 Å². The van der Waals surface area contributed by atoms with Gasteiger partial charge in [-0.05, 0) is 38.1 Å². The Balaban J connectivity index is 0.00000128. The van der Waals surface area contributed by atoms with E-state index in [0.717, 1.165) is 24.7 Å². The average Bonchev–Trinajstić information content (AvgIpc) is 2.19. The normalized spacial score (nSPS) is 19.1. The standard InChI is InChI=1S/C12H17ClN2.ClH/c1-12(2)9-14-7-8-15(12)11-5-3-10(13)4-6-11;/h3-6,14H,7-9H2,1-2H3;1H. The first kappa shape index (κ1) is 13.6. The molecule has 0 spiro atoms. The number of nitrogens with one attached hydrogen (secondary N) is 1. The van der Waals surface area contributed by atoms with Crippen LogP contribution in [-0.2, 0) is 0 Å². The summed E-state index contributed by atoms with van der Waals surface area (Å²) in [6, 6.07) is 8.09. The SMILES string of the molecule is CC1(C)CNCCN1c1ccc(Cl)cc1.Cl. The fraction of sp³-hybridized carbons (Fsp3) is 0.500. The van der Waals surface area contributed by atoms with Gasteiger partial charge in [0.15, 0.2) is 0 Å². The molecule has 4 heteroatoms. The number of halogens is 2. The van der Waals surface area contributed by atoms with Crippen molar-refractivity contribution in [2.75, 3.05) is 24.5 Å². The average molecular weight is 261 g/mol. The van der Waals surface area contributed by atoms with Gasteiger partial charge in [0.05, 0.1) is 0 Å². The molecular formula is C12H18Cl2N2. The van der Waals surface area contributed by atoms with E-state index in [1.54, 1.807) is 0 Å². The highest BCUT2D eigenvalue weighted by Gasteiger charge is 2.29. The lowest BCUT2D eigenvalue weighted by atomic mass is 9.99. The second-order valence-corrected chi connectivity index (χ2v) is 5.05. The zero-order valence-corrected chi connectivity index (χ0v) is 11.2. The Morgan fingerprint density at radius 2 is 1.88 bits per heavy atom. The Kier molecular flexibility index (Phi) is 4.48. The molecule has 0 saturated carbocycles. The smallest absolute Gasteiger partial charge is 0.0470 e. The highest BCUT2D eigenvalue weighted by molar-refractivity contribution is 6.30. The van der Waals surface area contributed by atoms with Crippen molar-refractivity contribution in [3.63, 3.8) is 0 Å². The molecule has 1 heterocycles. The van der Waals surface area contributed by atoms with Crippen LogP contribution in [0.1, 0.15) is 13.8 Å². The highest BCUT2D eigenvalue weighted by Crippen LogP contribution is 2.26. The summed E-state index contributed by atoms with van der Waals surface area (Å²) in [6.07, 6.45) is 0. The van der Waals surface area contributed by atoms with Crippen molar-refractivity contribution in [1.29, 1.82) is 0 Å². The van der Waals surface area contributed by atoms with Gasteiger partial charge in [0.25, 0.3) is 0 Å². The van der Waals surface area contributed by atoms with E-state index in [1.807, 2.05) is 12.1 Å². The Morgan fingerprint density at radius 1 is 1.25 bits per heavy atom. The molecule has 1 saturated heterocycles. The van der Waals surface area contributed by atoms with Gasteiger partial charge in [-0.2, -0.15) is 0 Å². The number of hydrogen-bond acceptors (Lipinski definition) is 2. The predicted molar refractivity (Wildman–Crippen MR) is 73.0 cm³/mol. The van der Waals surface area contributed by atoms with Crippen LogP contribution >= 0.6 is 24.0 Å². The van der Waals surface area contributed by atoms with Crippen molar-refractivity contribution in [1.82, 2.24) is 5.32 Å². The van der Waals surface area contributed by atoms with Crippen LogP contribution in [0, 0.1) is 0 Å². The molecular weight excluding hydrogens is 243 g/mol. The monoisotopic (exact) mass is 260 g/mol. The quantitative estimate of drug-likeness (QED) is 0.836. The first-order valence-electron chi connectivity index (χ1n) is 5.33. The summed E-state index contributed by atoms with van der Waals surface area (Å²) >= 11 is 5.89. The number of rotatable bonds is 1. The van der Waals surface area contributed by atoms with E-state index in [2.05, 4.69) is 36.2 Å². The molecule has 90 valence electrons. The first-order chi connectivity index (χ1) is 7.09. The fourth-order valence-electron chi connectivity index (χ4n) is 2.08. The molecule has 1 aliphatic heterocycles. The van der Waals surface area contributed by atoms with Gasteiger partial charge in [-0.1, -0.05) is 11.6 Å². The minimum absolute atomic E-state index is 0. The molecule has 0 radical (unpaired) electrons. The number of piperazine rings is 1. The third-order valence-corrected chi connectivity index (χ3v) is 3.19. The second kappa shape index (κ2) is 5.26. The van der Waals surface area contributed by atoms with Crippen molar-refractivity contribution in [2.45, 2.75) is 19.4 Å². The summed E-state index contributed by atoms with van der Waals surface area (Å²) in [5.74, 6) is 0. The number of anilines is 1. The van der Waals surface area contributed by atoms with Crippen LogP contribution in [0.2, 0.25) is 5.02 Å². The van der Waals surface area contributed by atoms with Crippen LogP contribution < -0.4 is 10.2 Å². The van der Waals surface area contributed by atoms with E-state index in [-0.39, 0.29) is 17.9 Å². The van der Waals surface area contributed by atoms with Gasteiger partial charge in [-0.3, -0.25) is 0 Å². The lowest BCUT2D eigenvalue weighted by molar-refractivity contribution is 0.380. The summed E-state index contributed by atoms with van der Waals surface area (Å²) in [6.45, 7) is 7.64. The maximum Gasteiger partial charge on any atom is 0.0470 e. The van der Waals surface area contributed by atoms with Gasteiger partial charge in [-0.15, -0.1) is 12.4 Å². The van der Waals surface area contributed by atoms with Gasteiger partial charge in [0, 0.05) is 35.9 Å². The molecule has 1 aromatic carbocycles. The first-order valence-corrected chi connectivity index (χ1v) is 5.71. The number of benzene rings is 1. The summed E-state index contributed by atoms with van der Waals surface area (Å²) in [7, 11) is 0. The molecule has 1 aliphatic rings. The largest absolute Gasteiger partial charge is 0.364 e. The molecule has 2 rings (SSSR count). The predicted octanol–water partition coefficient (Wildman–Crippen LogP) is 2.95. The van der Waals surface area contributed by atoms with Crippen LogP contribution in [-0.4, -0.2) is 25.2 Å². The molecule has 1 fully saturated rings. The zero-order chi connectivity index (χ0) is 10.9. The van der Waals surface area contributed by atoms with Crippen molar-refractivity contribution in [2.24, 2.45) is 0 Å². The minimum Gasteiger partial charge on any atom is -0.364 e. The lowest BCUT2D eigenvalue weighted by Gasteiger charge is -2.44. The number of hydrogen-bond donors (Lipinski definition) is 1. The molecule has 0 amide bonds. The van der Waals surface area contributed by atoms with E-state index in [4.69, 9.17) is 11.6 Å². The topological polar surface area (TPSA) is 15.3 Å². The molecule has 0 bridgehead atoms. The fourth-order valence-corrected chi connectivity index (χ4v) is 2.21. The zero-order valence-electron chi connectivity index (χ0n) is 9.66. The van der Waals surface area contributed by atoms with E-state index < -0.39 is 0 Å². The van der Waals surface area contributed by atoms with Crippen LogP contribution in [0.3, 0.4) is 0 Å². The molecule has 1 N–H and O–H groups in total. The molecule has 0 unspecified atom stereocenters. The van der Waals surface area contributed by atoms with Gasteiger partial charge in [0.1, 0.15) is 0 Å². The Bertz CT molecular complexity index is 335. The third kappa shape index (κ3) is 2.82. The summed E-state index contributed by atoms with van der Waals surface area (Å²) in [5, 5.41) is 4.22. The van der Waals surface area contributed by atoms with Gasteiger partial charge < -0.3 is 10.2 Å². The summed E-state index contributed by atoms with van der Waals surface area (Å²) in [4.78, 5) is 2.43. The molecule has 0 atom stereocenters. The second-order valence-electron chi connectivity index (χ2n) is 4.62. The van der Waals surface area contributed by atoms with Gasteiger partial charge >= 0.3 is 0 Å².